The number of aliphatic carboxylic acids is 1. The Balaban J connectivity index is 1.54. The smallest absolute Gasteiger partial charge is 0.203 e. The molecular weight excluding hydrogens is 424 g/mol. The lowest BCUT2D eigenvalue weighted by Gasteiger charge is -2.37. The summed E-state index contributed by atoms with van der Waals surface area (Å²) in [6.07, 6.45) is 12.2. The van der Waals surface area contributed by atoms with Gasteiger partial charge in [-0.1, -0.05) is 20.3 Å². The van der Waals surface area contributed by atoms with Crippen molar-refractivity contribution >= 4 is 23.8 Å². The van der Waals surface area contributed by atoms with Crippen molar-refractivity contribution in [2.45, 2.75) is 52.9 Å². The van der Waals surface area contributed by atoms with Crippen LogP contribution in [0.4, 0.5) is 5.69 Å². The number of nitrogens with one attached hydrogen (secondary N) is 1. The predicted molar refractivity (Wildman–Crippen MR) is 134 cm³/mol. The molecule has 34 heavy (non-hydrogen) atoms. The number of hydrogen-bond acceptors (Lipinski definition) is 4. The van der Waals surface area contributed by atoms with Gasteiger partial charge in [0.1, 0.15) is 11.5 Å². The van der Waals surface area contributed by atoms with Crippen molar-refractivity contribution in [1.82, 2.24) is 0 Å². The number of pyridine rings is 1. The molecule has 2 aromatic rings. The number of aromatic amines is 1. The average molecular weight is 459 g/mol. The fourth-order valence-electron chi connectivity index (χ4n) is 4.80. The van der Waals surface area contributed by atoms with Crippen molar-refractivity contribution in [2.24, 2.45) is 5.41 Å². The van der Waals surface area contributed by atoms with Crippen LogP contribution in [0.1, 0.15) is 64.1 Å². The third-order valence-corrected chi connectivity index (χ3v) is 6.60. The van der Waals surface area contributed by atoms with Gasteiger partial charge in [0.05, 0.1) is 0 Å². The zero-order chi connectivity index (χ0) is 24.1. The first-order chi connectivity index (χ1) is 16.4. The zero-order valence-electron chi connectivity index (χ0n) is 20.4. The first-order valence-corrected chi connectivity index (χ1v) is 12.2. The molecule has 0 saturated carbocycles. The van der Waals surface area contributed by atoms with Crippen molar-refractivity contribution in [3.05, 3.63) is 76.8 Å². The van der Waals surface area contributed by atoms with Gasteiger partial charge in [0.15, 0.2) is 6.20 Å². The van der Waals surface area contributed by atoms with Crippen molar-refractivity contribution < 1.29 is 19.6 Å². The number of hydrogen-bond donors (Lipinski definition) is 0. The van der Waals surface area contributed by atoms with Crippen LogP contribution >= 0.6 is 0 Å². The fourth-order valence-corrected chi connectivity index (χ4v) is 4.80. The molecule has 0 spiro atoms. The number of H-pyrrole nitrogens is 1. The molecule has 0 atom stereocenters. The number of benzene rings is 1. The molecule has 178 valence electrons. The van der Waals surface area contributed by atoms with Gasteiger partial charge in [-0.15, -0.1) is 0 Å². The van der Waals surface area contributed by atoms with Gasteiger partial charge < -0.3 is 19.5 Å². The third kappa shape index (κ3) is 5.58. The van der Waals surface area contributed by atoms with Crippen LogP contribution in [0.15, 0.2) is 65.6 Å². The molecule has 1 aromatic carbocycles. The lowest BCUT2D eigenvalue weighted by molar-refractivity contribution is -0.380. The van der Waals surface area contributed by atoms with Gasteiger partial charge in [-0.25, -0.2) is 4.98 Å². The van der Waals surface area contributed by atoms with E-state index < -0.39 is 5.97 Å². The van der Waals surface area contributed by atoms with E-state index in [1.807, 2.05) is 18.3 Å². The van der Waals surface area contributed by atoms with Gasteiger partial charge in [-0.3, -0.25) is 0 Å². The van der Waals surface area contributed by atoms with Crippen LogP contribution in [-0.2, 0) is 4.79 Å². The Morgan fingerprint density at radius 1 is 1.18 bits per heavy atom. The molecule has 1 N–H and O–H groups in total. The Morgan fingerprint density at radius 3 is 2.76 bits per heavy atom. The first kappa shape index (κ1) is 23.8. The number of anilines is 1. The highest BCUT2D eigenvalue weighted by atomic mass is 16.5. The van der Waals surface area contributed by atoms with Crippen LogP contribution < -0.4 is 19.7 Å². The van der Waals surface area contributed by atoms with E-state index in [2.05, 4.69) is 73.1 Å². The predicted octanol–water partition coefficient (Wildman–Crippen LogP) is 4.81. The number of unbranched alkanes of at least 4 members (excludes halogenated alkanes) is 2. The maximum absolute atomic E-state index is 10.6. The minimum atomic E-state index is -0.966. The molecule has 1 aliphatic heterocycles. The van der Waals surface area contributed by atoms with Crippen LogP contribution in [-0.4, -0.2) is 19.1 Å². The molecule has 0 amide bonds. The van der Waals surface area contributed by atoms with Gasteiger partial charge in [-0.2, -0.15) is 0 Å². The average Bonchev–Trinajstić information content (AvgIpc) is 2.80. The summed E-state index contributed by atoms with van der Waals surface area (Å²) in [7, 11) is 0. The summed E-state index contributed by atoms with van der Waals surface area (Å²) in [5.41, 5.74) is 5.77. The van der Waals surface area contributed by atoms with Gasteiger partial charge in [-0.05, 0) is 73.9 Å². The summed E-state index contributed by atoms with van der Waals surface area (Å²) in [4.78, 5) is 16.2. The van der Waals surface area contributed by atoms with Gasteiger partial charge in [0.2, 0.25) is 5.69 Å². The summed E-state index contributed by atoms with van der Waals surface area (Å²) in [6, 6.07) is 12.5. The van der Waals surface area contributed by atoms with Crippen LogP contribution in [0.5, 0.6) is 5.75 Å². The normalized spacial score (nSPS) is 17.2. The van der Waals surface area contributed by atoms with Gasteiger partial charge in [0.25, 0.3) is 0 Å². The highest BCUT2D eigenvalue weighted by molar-refractivity contribution is 5.73. The number of carboxylic acid groups (broad SMARTS) is 1. The SMILES string of the molecule is CCN(CCCCCC(=O)[O-])c1ccc2c(c1)OC1=CC(=Cc3cccc[nH+]3)CC(C)(C)C1=C2. The maximum Gasteiger partial charge on any atom is 0.203 e. The van der Waals surface area contributed by atoms with Crippen LogP contribution in [0.3, 0.4) is 0 Å². The molecular formula is C29H34N2O3. The maximum atomic E-state index is 10.6. The van der Waals surface area contributed by atoms with Crippen molar-refractivity contribution in [1.29, 1.82) is 0 Å². The molecule has 0 unspecified atom stereocenters. The Bertz CT molecular complexity index is 1130. The Labute approximate surface area is 202 Å². The minimum absolute atomic E-state index is 0.0258. The number of ether oxygens (including phenoxy) is 1. The topological polar surface area (TPSA) is 66.7 Å². The number of carboxylic acids is 1. The van der Waals surface area contributed by atoms with E-state index in [0.717, 1.165) is 60.8 Å². The van der Waals surface area contributed by atoms with Crippen molar-refractivity contribution in [3.63, 3.8) is 0 Å². The second kappa shape index (κ2) is 10.3. The van der Waals surface area contributed by atoms with E-state index in [1.54, 1.807) is 0 Å². The Hall–Kier alpha value is -3.34. The monoisotopic (exact) mass is 458 g/mol. The second-order valence-electron chi connectivity index (χ2n) is 9.75. The molecule has 1 aliphatic carbocycles. The van der Waals surface area contributed by atoms with Crippen LogP contribution in [0.2, 0.25) is 0 Å². The molecule has 0 fully saturated rings. The van der Waals surface area contributed by atoms with E-state index in [1.165, 1.54) is 11.1 Å². The van der Waals surface area contributed by atoms with Crippen molar-refractivity contribution in [2.75, 3.05) is 18.0 Å². The summed E-state index contributed by atoms with van der Waals surface area (Å²) in [6.45, 7) is 8.46. The lowest BCUT2D eigenvalue weighted by Crippen LogP contribution is -2.26. The summed E-state index contributed by atoms with van der Waals surface area (Å²) in [5.74, 6) is 0.839. The highest BCUT2D eigenvalue weighted by Gasteiger charge is 2.35. The number of carbonyl (C=O) groups excluding carboxylic acids is 1. The quantitative estimate of drug-likeness (QED) is 0.506. The van der Waals surface area contributed by atoms with Crippen LogP contribution in [0, 0.1) is 5.41 Å². The highest BCUT2D eigenvalue weighted by Crippen LogP contribution is 2.48. The number of allylic oxidation sites excluding steroid dienone is 3. The minimum Gasteiger partial charge on any atom is -0.550 e. The van der Waals surface area contributed by atoms with E-state index >= 15 is 0 Å². The zero-order valence-corrected chi connectivity index (χ0v) is 20.4. The van der Waals surface area contributed by atoms with E-state index in [4.69, 9.17) is 4.74 Å². The number of rotatable bonds is 9. The summed E-state index contributed by atoms with van der Waals surface area (Å²) < 4.78 is 6.49. The summed E-state index contributed by atoms with van der Waals surface area (Å²) in [5, 5.41) is 10.6. The molecule has 0 bridgehead atoms. The molecule has 0 radical (unpaired) electrons. The molecule has 5 nitrogen and oxygen atoms in total. The Morgan fingerprint density at radius 2 is 2.03 bits per heavy atom. The lowest BCUT2D eigenvalue weighted by atomic mass is 9.72. The fraction of sp³-hybridized carbons (Fsp3) is 0.379. The van der Waals surface area contributed by atoms with Crippen LogP contribution in [0.25, 0.3) is 12.2 Å². The molecule has 1 aromatic heterocycles. The van der Waals surface area contributed by atoms with Crippen molar-refractivity contribution in [3.8, 4) is 5.75 Å². The standard InChI is InChI=1S/C29H34N2O3/c1-4-31(15-9-5-6-11-28(32)33)24-13-12-22-18-25-27(34-26(22)19-24)17-21(20-29(25,2)3)16-23-10-7-8-14-30-23/h7-8,10,12-14,16-19H,4-6,9,11,15,20H2,1-3H3,(H,32,33). The number of nitrogens with zero attached hydrogens (tertiary/aromatic N) is 1. The first-order valence-electron chi connectivity index (χ1n) is 12.2. The molecule has 2 heterocycles. The third-order valence-electron chi connectivity index (χ3n) is 6.60. The molecule has 4 rings (SSSR count). The largest absolute Gasteiger partial charge is 0.550 e. The van der Waals surface area contributed by atoms with Gasteiger partial charge >= 0.3 is 0 Å². The molecule has 5 heteroatoms. The number of carbonyl (C=O) groups is 1. The van der Waals surface area contributed by atoms with E-state index in [-0.39, 0.29) is 11.8 Å². The Kier molecular flexibility index (Phi) is 7.20. The molecule has 0 saturated heterocycles. The number of fused-ring (bicyclic) bond motifs is 2. The van der Waals surface area contributed by atoms with E-state index in [9.17, 15) is 9.90 Å². The number of aromatic nitrogens is 1. The molecule has 2 aliphatic rings. The summed E-state index contributed by atoms with van der Waals surface area (Å²) >= 11 is 0. The van der Waals surface area contributed by atoms with E-state index in [0.29, 0.717) is 6.42 Å². The second-order valence-corrected chi connectivity index (χ2v) is 9.75. The van der Waals surface area contributed by atoms with Gasteiger partial charge in [0, 0.05) is 60.2 Å².